The average molecular weight is 435 g/mol. The number of ketones is 1. The van der Waals surface area contributed by atoms with E-state index in [1.165, 1.54) is 21.3 Å². The molecule has 0 aliphatic heterocycles. The molecule has 0 saturated carbocycles. The largest absolute Gasteiger partial charge is 0.493 e. The molecule has 31 heavy (non-hydrogen) atoms. The molecule has 4 aromatic rings. The number of aromatic nitrogens is 2. The van der Waals surface area contributed by atoms with Crippen LogP contribution in [0.5, 0.6) is 17.2 Å². The van der Waals surface area contributed by atoms with Crippen molar-refractivity contribution in [3.05, 3.63) is 69.7 Å². The highest BCUT2D eigenvalue weighted by Crippen LogP contribution is 2.39. The first kappa shape index (κ1) is 20.7. The molecule has 0 radical (unpaired) electrons. The van der Waals surface area contributed by atoms with Crippen LogP contribution in [0.15, 0.2) is 47.8 Å². The summed E-state index contributed by atoms with van der Waals surface area (Å²) in [5.74, 6) is 1.58. The second-order valence-electron chi connectivity index (χ2n) is 6.87. The number of thiophene rings is 1. The van der Waals surface area contributed by atoms with Crippen LogP contribution in [-0.4, -0.2) is 37.1 Å². The van der Waals surface area contributed by atoms with E-state index in [1.54, 1.807) is 23.5 Å². The van der Waals surface area contributed by atoms with Crippen LogP contribution < -0.4 is 14.2 Å². The Morgan fingerprint density at radius 3 is 2.32 bits per heavy atom. The first-order valence-corrected chi connectivity index (χ1v) is 10.5. The van der Waals surface area contributed by atoms with Crippen LogP contribution >= 0.6 is 11.3 Å². The van der Waals surface area contributed by atoms with Gasteiger partial charge in [0.2, 0.25) is 5.75 Å². The maximum Gasteiger partial charge on any atom is 0.203 e. The summed E-state index contributed by atoms with van der Waals surface area (Å²) in [6, 6.07) is 13.0. The van der Waals surface area contributed by atoms with Gasteiger partial charge in [0.15, 0.2) is 17.3 Å². The number of nitrogens with zero attached hydrogens (tertiary/aromatic N) is 1. The van der Waals surface area contributed by atoms with Crippen molar-refractivity contribution in [1.82, 2.24) is 9.97 Å². The molecule has 0 atom stereocenters. The molecule has 0 spiro atoms. The molecule has 0 fully saturated rings. The van der Waals surface area contributed by atoms with E-state index in [9.17, 15) is 4.79 Å². The number of nitrogens with one attached hydrogen (secondary N) is 1. The SMILES string of the molecule is COc1cc(C(=O)/C(=C\c2sccc2C)c2nc3ccccc3[nH]2)cc(OC)c1OC. The summed E-state index contributed by atoms with van der Waals surface area (Å²) in [6.45, 7) is 2.02. The Morgan fingerprint density at radius 2 is 1.74 bits per heavy atom. The molecule has 0 saturated heterocycles. The van der Waals surface area contributed by atoms with Gasteiger partial charge in [-0.3, -0.25) is 4.79 Å². The third kappa shape index (κ3) is 3.92. The maximum absolute atomic E-state index is 13.7. The highest BCUT2D eigenvalue weighted by atomic mass is 32.1. The van der Waals surface area contributed by atoms with E-state index < -0.39 is 0 Å². The predicted molar refractivity (Wildman–Crippen MR) is 123 cm³/mol. The number of ether oxygens (including phenoxy) is 3. The van der Waals surface area contributed by atoms with E-state index in [0.29, 0.717) is 34.2 Å². The monoisotopic (exact) mass is 434 g/mol. The summed E-state index contributed by atoms with van der Waals surface area (Å²) >= 11 is 1.57. The van der Waals surface area contributed by atoms with Gasteiger partial charge in [-0.05, 0) is 54.3 Å². The second-order valence-corrected chi connectivity index (χ2v) is 7.82. The third-order valence-corrected chi connectivity index (χ3v) is 5.96. The zero-order valence-electron chi connectivity index (χ0n) is 17.7. The van der Waals surface area contributed by atoms with E-state index in [-0.39, 0.29) is 5.78 Å². The fourth-order valence-corrected chi connectivity index (χ4v) is 4.21. The minimum absolute atomic E-state index is 0.203. The number of imidazole rings is 1. The minimum atomic E-state index is -0.203. The Hall–Kier alpha value is -3.58. The number of fused-ring (bicyclic) bond motifs is 1. The first-order chi connectivity index (χ1) is 15.0. The fraction of sp³-hybridized carbons (Fsp3) is 0.167. The number of aromatic amines is 1. The summed E-state index contributed by atoms with van der Waals surface area (Å²) in [7, 11) is 4.58. The quantitative estimate of drug-likeness (QED) is 0.312. The number of hydrogen-bond acceptors (Lipinski definition) is 6. The molecule has 2 aromatic heterocycles. The number of para-hydroxylation sites is 2. The van der Waals surface area contributed by atoms with Gasteiger partial charge in [-0.25, -0.2) is 4.98 Å². The molecule has 0 aliphatic rings. The highest BCUT2D eigenvalue weighted by molar-refractivity contribution is 7.11. The number of rotatable bonds is 7. The first-order valence-electron chi connectivity index (χ1n) is 9.61. The molecule has 4 rings (SSSR count). The Bertz CT molecular complexity index is 1230. The highest BCUT2D eigenvalue weighted by Gasteiger charge is 2.23. The number of methoxy groups -OCH3 is 3. The zero-order valence-corrected chi connectivity index (χ0v) is 18.5. The number of aryl methyl sites for hydroxylation is 1. The molecule has 158 valence electrons. The number of carbonyl (C=O) groups is 1. The third-order valence-electron chi connectivity index (χ3n) is 4.99. The van der Waals surface area contributed by atoms with Crippen LogP contribution in [0.2, 0.25) is 0 Å². The van der Waals surface area contributed by atoms with Crippen LogP contribution in [0.25, 0.3) is 22.7 Å². The molecule has 2 aromatic carbocycles. The summed E-state index contributed by atoms with van der Waals surface area (Å²) in [5.41, 5.74) is 3.62. The number of Topliss-reactive ketones (excluding diaryl/α,β-unsaturated/α-hetero) is 1. The van der Waals surface area contributed by atoms with E-state index in [2.05, 4.69) is 9.97 Å². The Labute approximate surface area is 184 Å². The molecular weight excluding hydrogens is 412 g/mol. The van der Waals surface area contributed by atoms with Crippen molar-refractivity contribution in [3.63, 3.8) is 0 Å². The summed E-state index contributed by atoms with van der Waals surface area (Å²) in [4.78, 5) is 22.7. The lowest BCUT2D eigenvalue weighted by molar-refractivity contribution is 0.105. The molecule has 2 heterocycles. The van der Waals surface area contributed by atoms with Crippen LogP contribution in [0.1, 0.15) is 26.6 Å². The standard InChI is InChI=1S/C24H22N2O4S/c1-14-9-10-31-21(14)13-16(24-25-17-7-5-6-8-18(17)26-24)22(27)15-11-19(28-2)23(30-4)20(12-15)29-3/h5-13H,1-4H3,(H,25,26)/b16-13+. The Kier molecular flexibility index (Phi) is 5.77. The van der Waals surface area contributed by atoms with Crippen LogP contribution in [0.4, 0.5) is 0 Å². The maximum atomic E-state index is 13.7. The van der Waals surface area contributed by atoms with E-state index in [0.717, 1.165) is 21.5 Å². The predicted octanol–water partition coefficient (Wildman–Crippen LogP) is 5.38. The van der Waals surface area contributed by atoms with E-state index >= 15 is 0 Å². The van der Waals surface area contributed by atoms with Gasteiger partial charge in [0.25, 0.3) is 0 Å². The van der Waals surface area contributed by atoms with Crippen molar-refractivity contribution in [3.8, 4) is 17.2 Å². The van der Waals surface area contributed by atoms with Crippen LogP contribution in [0.3, 0.4) is 0 Å². The molecule has 0 aliphatic carbocycles. The number of carbonyl (C=O) groups excluding carboxylic acids is 1. The van der Waals surface area contributed by atoms with Gasteiger partial charge in [-0.2, -0.15) is 0 Å². The lowest BCUT2D eigenvalue weighted by atomic mass is 10.0. The van der Waals surface area contributed by atoms with Gasteiger partial charge < -0.3 is 19.2 Å². The fourth-order valence-electron chi connectivity index (χ4n) is 3.35. The van der Waals surface area contributed by atoms with Gasteiger partial charge in [-0.1, -0.05) is 12.1 Å². The molecule has 0 bridgehead atoms. The number of benzene rings is 2. The zero-order chi connectivity index (χ0) is 22.0. The second kappa shape index (κ2) is 8.65. The van der Waals surface area contributed by atoms with Crippen molar-refractivity contribution in [2.24, 2.45) is 0 Å². The van der Waals surface area contributed by atoms with Crippen molar-refractivity contribution in [2.75, 3.05) is 21.3 Å². The molecule has 7 heteroatoms. The summed E-state index contributed by atoms with van der Waals surface area (Å²) < 4.78 is 16.2. The van der Waals surface area contributed by atoms with E-state index in [1.807, 2.05) is 48.7 Å². The molecule has 1 N–H and O–H groups in total. The van der Waals surface area contributed by atoms with Gasteiger partial charge in [0.05, 0.1) is 37.9 Å². The molecule has 0 amide bonds. The van der Waals surface area contributed by atoms with Crippen molar-refractivity contribution >= 4 is 39.8 Å². The molecule has 0 unspecified atom stereocenters. The lowest BCUT2D eigenvalue weighted by Crippen LogP contribution is -2.06. The van der Waals surface area contributed by atoms with E-state index in [4.69, 9.17) is 14.2 Å². The van der Waals surface area contributed by atoms with Gasteiger partial charge >= 0.3 is 0 Å². The topological polar surface area (TPSA) is 73.4 Å². The van der Waals surface area contributed by atoms with Crippen LogP contribution in [-0.2, 0) is 0 Å². The number of H-pyrrole nitrogens is 1. The Balaban J connectivity index is 1.89. The smallest absolute Gasteiger partial charge is 0.203 e. The normalized spacial score (nSPS) is 11.5. The van der Waals surface area contributed by atoms with Crippen molar-refractivity contribution in [1.29, 1.82) is 0 Å². The molecular formula is C24H22N2O4S. The molecule has 6 nitrogen and oxygen atoms in total. The number of allylic oxidation sites excluding steroid dienone is 1. The van der Waals surface area contributed by atoms with Crippen LogP contribution in [0, 0.1) is 6.92 Å². The number of hydrogen-bond donors (Lipinski definition) is 1. The summed E-state index contributed by atoms with van der Waals surface area (Å²) in [6.07, 6.45) is 1.88. The summed E-state index contributed by atoms with van der Waals surface area (Å²) in [5, 5.41) is 2.00. The van der Waals surface area contributed by atoms with Crippen molar-refractivity contribution < 1.29 is 19.0 Å². The lowest BCUT2D eigenvalue weighted by Gasteiger charge is -2.14. The minimum Gasteiger partial charge on any atom is -0.493 e. The Morgan fingerprint density at radius 1 is 1.03 bits per heavy atom. The average Bonchev–Trinajstić information content (AvgIpc) is 3.41. The van der Waals surface area contributed by atoms with Gasteiger partial charge in [0, 0.05) is 10.4 Å². The van der Waals surface area contributed by atoms with Crippen molar-refractivity contribution in [2.45, 2.75) is 6.92 Å². The van der Waals surface area contributed by atoms with Gasteiger partial charge in [-0.15, -0.1) is 11.3 Å². The van der Waals surface area contributed by atoms with Gasteiger partial charge in [0.1, 0.15) is 5.82 Å².